The lowest BCUT2D eigenvalue weighted by Crippen LogP contribution is -2.27. The molecule has 1 heterocycles. The average Bonchev–Trinajstić information content (AvgIpc) is 3.42. The predicted molar refractivity (Wildman–Crippen MR) is 108 cm³/mol. The summed E-state index contributed by atoms with van der Waals surface area (Å²) < 4.78 is 0. The van der Waals surface area contributed by atoms with Gasteiger partial charge in [-0.3, -0.25) is 9.78 Å². The Morgan fingerprint density at radius 3 is 2.72 bits per heavy atom. The molecule has 1 unspecified atom stereocenters. The number of unbranched alkanes of at least 4 members (excludes halogenated alkanes) is 4. The van der Waals surface area contributed by atoms with E-state index in [1.807, 2.05) is 18.3 Å². The highest BCUT2D eigenvalue weighted by molar-refractivity contribution is 9.09. The highest BCUT2D eigenvalue weighted by Crippen LogP contribution is 2.23. The van der Waals surface area contributed by atoms with E-state index in [9.17, 15) is 4.79 Å². The first-order valence-corrected chi connectivity index (χ1v) is 11.2. The van der Waals surface area contributed by atoms with Crippen LogP contribution in [0.5, 0.6) is 0 Å². The minimum absolute atomic E-state index is 0.0654. The van der Waals surface area contributed by atoms with Gasteiger partial charge in [0.05, 0.1) is 11.3 Å². The maximum absolute atomic E-state index is 12.5. The molecule has 0 spiro atoms. The average molecular weight is 409 g/mol. The Kier molecular flexibility index (Phi) is 9.52. The zero-order valence-corrected chi connectivity index (χ0v) is 17.2. The number of alkyl halides is 1. The molecule has 140 valence electrons. The van der Waals surface area contributed by atoms with Gasteiger partial charge in [-0.2, -0.15) is 0 Å². The third-order valence-electron chi connectivity index (χ3n) is 4.97. The van der Waals surface area contributed by atoms with Crippen LogP contribution in [0.3, 0.4) is 0 Å². The molecule has 1 saturated carbocycles. The monoisotopic (exact) mass is 408 g/mol. The lowest BCUT2D eigenvalue weighted by molar-refractivity contribution is 0.0949. The van der Waals surface area contributed by atoms with E-state index < -0.39 is 0 Å². The molecule has 0 aliphatic heterocycles. The topological polar surface area (TPSA) is 42.0 Å². The van der Waals surface area contributed by atoms with Gasteiger partial charge in [-0.15, -0.1) is 0 Å². The molecule has 4 heteroatoms. The standard InChI is InChI=1S/C21H33BrN2O/c1-2-9-17(10-6-4-3-5-7-14-22)16-20-19(11-8-15-23-20)21(25)24-18-12-13-18/h8,11,15,17-18H,2-7,9-10,12-14,16H2,1H3,(H,24,25). The van der Waals surface area contributed by atoms with Gasteiger partial charge in [-0.1, -0.05) is 67.8 Å². The lowest BCUT2D eigenvalue weighted by atomic mass is 9.90. The van der Waals surface area contributed by atoms with E-state index in [4.69, 9.17) is 0 Å². The Morgan fingerprint density at radius 2 is 2.00 bits per heavy atom. The predicted octanol–water partition coefficient (Wildman–Crippen LogP) is 5.67. The first-order valence-electron chi connectivity index (χ1n) is 10.0. The summed E-state index contributed by atoms with van der Waals surface area (Å²) in [6.45, 7) is 2.25. The molecular formula is C21H33BrN2O. The van der Waals surface area contributed by atoms with Crippen LogP contribution in [0.2, 0.25) is 0 Å². The fourth-order valence-electron chi connectivity index (χ4n) is 3.39. The fourth-order valence-corrected chi connectivity index (χ4v) is 3.78. The molecule has 0 saturated heterocycles. The number of amides is 1. The minimum Gasteiger partial charge on any atom is -0.349 e. The van der Waals surface area contributed by atoms with Crippen LogP contribution in [0.4, 0.5) is 0 Å². The number of aromatic nitrogens is 1. The quantitative estimate of drug-likeness (QED) is 0.337. The molecule has 1 aromatic rings. The summed E-state index contributed by atoms with van der Waals surface area (Å²) in [7, 11) is 0. The van der Waals surface area contributed by atoms with E-state index in [0.29, 0.717) is 12.0 Å². The molecule has 3 nitrogen and oxygen atoms in total. The number of rotatable bonds is 13. The smallest absolute Gasteiger partial charge is 0.253 e. The Labute approximate surface area is 161 Å². The second kappa shape index (κ2) is 11.7. The highest BCUT2D eigenvalue weighted by Gasteiger charge is 2.25. The summed E-state index contributed by atoms with van der Waals surface area (Å²) >= 11 is 3.50. The van der Waals surface area contributed by atoms with Crippen molar-refractivity contribution < 1.29 is 4.79 Å². The van der Waals surface area contributed by atoms with Crippen molar-refractivity contribution in [3.05, 3.63) is 29.6 Å². The van der Waals surface area contributed by atoms with Crippen molar-refractivity contribution in [2.24, 2.45) is 5.92 Å². The van der Waals surface area contributed by atoms with Gasteiger partial charge in [0.15, 0.2) is 0 Å². The van der Waals surface area contributed by atoms with Crippen molar-refractivity contribution in [3.63, 3.8) is 0 Å². The third-order valence-corrected chi connectivity index (χ3v) is 5.53. The maximum atomic E-state index is 12.5. The van der Waals surface area contributed by atoms with E-state index >= 15 is 0 Å². The molecule has 1 fully saturated rings. The van der Waals surface area contributed by atoms with Gasteiger partial charge in [-0.25, -0.2) is 0 Å². The number of hydrogen-bond donors (Lipinski definition) is 1. The second-order valence-corrected chi connectivity index (χ2v) is 8.14. The number of halogens is 1. The summed E-state index contributed by atoms with van der Waals surface area (Å²) in [5.74, 6) is 0.708. The Hall–Kier alpha value is -0.900. The molecule has 0 radical (unpaired) electrons. The van der Waals surface area contributed by atoms with Crippen molar-refractivity contribution in [3.8, 4) is 0 Å². The van der Waals surface area contributed by atoms with Crippen LogP contribution < -0.4 is 5.32 Å². The van der Waals surface area contributed by atoms with E-state index in [1.165, 1.54) is 51.4 Å². The van der Waals surface area contributed by atoms with Crippen LogP contribution >= 0.6 is 15.9 Å². The van der Waals surface area contributed by atoms with E-state index in [2.05, 4.69) is 33.2 Å². The summed E-state index contributed by atoms with van der Waals surface area (Å²) in [5, 5.41) is 4.23. The molecule has 2 rings (SSSR count). The van der Waals surface area contributed by atoms with Crippen LogP contribution in [0.25, 0.3) is 0 Å². The van der Waals surface area contributed by atoms with Crippen LogP contribution in [0.1, 0.15) is 87.2 Å². The van der Waals surface area contributed by atoms with E-state index in [-0.39, 0.29) is 5.91 Å². The summed E-state index contributed by atoms with van der Waals surface area (Å²) in [6.07, 6.45) is 15.2. The van der Waals surface area contributed by atoms with Gasteiger partial charge in [0, 0.05) is 17.6 Å². The van der Waals surface area contributed by atoms with Crippen molar-refractivity contribution >= 4 is 21.8 Å². The molecule has 1 aliphatic rings. The zero-order valence-electron chi connectivity index (χ0n) is 15.6. The summed E-state index contributed by atoms with van der Waals surface area (Å²) in [6, 6.07) is 4.21. The molecule has 1 aromatic heterocycles. The van der Waals surface area contributed by atoms with Crippen LogP contribution in [0.15, 0.2) is 18.3 Å². The number of nitrogens with zero attached hydrogens (tertiary/aromatic N) is 1. The number of pyridine rings is 1. The highest BCUT2D eigenvalue weighted by atomic mass is 79.9. The van der Waals surface area contributed by atoms with Crippen molar-refractivity contribution in [2.45, 2.75) is 83.6 Å². The SMILES string of the molecule is CCCC(CCCCCCCBr)Cc1ncccc1C(=O)NC1CC1. The van der Waals surface area contributed by atoms with Gasteiger partial charge < -0.3 is 5.32 Å². The first kappa shape index (κ1) is 20.4. The second-order valence-electron chi connectivity index (χ2n) is 7.35. The lowest BCUT2D eigenvalue weighted by Gasteiger charge is -2.17. The molecular weight excluding hydrogens is 376 g/mol. The van der Waals surface area contributed by atoms with Crippen molar-refractivity contribution in [1.82, 2.24) is 10.3 Å². The van der Waals surface area contributed by atoms with Gasteiger partial charge in [0.2, 0.25) is 0 Å². The normalized spacial score (nSPS) is 15.1. The van der Waals surface area contributed by atoms with Gasteiger partial charge in [0.25, 0.3) is 5.91 Å². The molecule has 1 aliphatic carbocycles. The molecule has 1 N–H and O–H groups in total. The molecule has 0 aromatic carbocycles. The Bertz CT molecular complexity index is 516. The van der Waals surface area contributed by atoms with Gasteiger partial charge >= 0.3 is 0 Å². The van der Waals surface area contributed by atoms with E-state index in [0.717, 1.165) is 35.8 Å². The number of nitrogens with one attached hydrogen (secondary N) is 1. The molecule has 1 atom stereocenters. The summed E-state index contributed by atoms with van der Waals surface area (Å²) in [4.78, 5) is 17.0. The largest absolute Gasteiger partial charge is 0.349 e. The molecule has 0 bridgehead atoms. The molecule has 1 amide bonds. The van der Waals surface area contributed by atoms with Crippen LogP contribution in [-0.4, -0.2) is 22.3 Å². The minimum atomic E-state index is 0.0654. The fraction of sp³-hybridized carbons (Fsp3) is 0.714. The number of hydrogen-bond acceptors (Lipinski definition) is 2. The Balaban J connectivity index is 1.86. The number of carbonyl (C=O) groups is 1. The zero-order chi connectivity index (χ0) is 17.9. The third kappa shape index (κ3) is 7.89. The first-order chi connectivity index (χ1) is 12.2. The van der Waals surface area contributed by atoms with E-state index in [1.54, 1.807) is 0 Å². The van der Waals surface area contributed by atoms with Gasteiger partial charge in [0.1, 0.15) is 0 Å². The van der Waals surface area contributed by atoms with Crippen molar-refractivity contribution in [2.75, 3.05) is 5.33 Å². The Morgan fingerprint density at radius 1 is 1.24 bits per heavy atom. The van der Waals surface area contributed by atoms with Crippen molar-refractivity contribution in [1.29, 1.82) is 0 Å². The van der Waals surface area contributed by atoms with Crippen LogP contribution in [0, 0.1) is 5.92 Å². The van der Waals surface area contributed by atoms with Gasteiger partial charge in [-0.05, 0) is 43.7 Å². The van der Waals surface area contributed by atoms with Crippen LogP contribution in [-0.2, 0) is 6.42 Å². The number of carbonyl (C=O) groups excluding carboxylic acids is 1. The summed E-state index contributed by atoms with van der Waals surface area (Å²) in [5.41, 5.74) is 1.77. The molecule has 25 heavy (non-hydrogen) atoms. The maximum Gasteiger partial charge on any atom is 0.253 e.